The van der Waals surface area contributed by atoms with Crippen LogP contribution in [0.25, 0.3) is 11.1 Å². The first-order chi connectivity index (χ1) is 13.3. The van der Waals surface area contributed by atoms with E-state index in [1.54, 1.807) is 24.3 Å². The highest BCUT2D eigenvalue weighted by atomic mass is 35.5. The van der Waals surface area contributed by atoms with E-state index in [4.69, 9.17) is 16.9 Å². The highest BCUT2D eigenvalue weighted by molar-refractivity contribution is 6.29. The number of aromatic nitrogens is 1. The molecule has 0 spiro atoms. The Hall–Kier alpha value is -3.48. The van der Waals surface area contributed by atoms with Gasteiger partial charge in [0.25, 0.3) is 0 Å². The Kier molecular flexibility index (Phi) is 5.26. The van der Waals surface area contributed by atoms with Gasteiger partial charge in [-0.3, -0.25) is 0 Å². The van der Waals surface area contributed by atoms with Gasteiger partial charge < -0.3 is 5.11 Å². The van der Waals surface area contributed by atoms with Gasteiger partial charge in [-0.1, -0.05) is 23.4 Å². The number of aromatic hydroxyl groups is 1. The Balaban J connectivity index is 2.13. The lowest BCUT2D eigenvalue weighted by Gasteiger charge is -2.09. The molecule has 0 aliphatic rings. The number of phenols is 1. The second-order valence-electron chi connectivity index (χ2n) is 5.72. The van der Waals surface area contributed by atoms with Crippen LogP contribution in [0.4, 0.5) is 13.2 Å². The quantitative estimate of drug-likeness (QED) is 0.441. The smallest absolute Gasteiger partial charge is 0.417 e. The number of hydrogen-bond acceptors (Lipinski definition) is 3. The summed E-state index contributed by atoms with van der Waals surface area (Å²) >= 11 is 5.79. The third-order valence-corrected chi connectivity index (χ3v) is 4.05. The summed E-state index contributed by atoms with van der Waals surface area (Å²) in [6.07, 6.45) is -3.16. The number of benzene rings is 2. The minimum Gasteiger partial charge on any atom is -0.508 e. The van der Waals surface area contributed by atoms with Crippen molar-refractivity contribution in [3.05, 3.63) is 82.1 Å². The number of rotatable bonds is 1. The average Bonchev–Trinajstić information content (AvgIpc) is 2.67. The molecule has 3 rings (SSSR count). The van der Waals surface area contributed by atoms with Crippen LogP contribution in [-0.2, 0) is 6.18 Å². The minimum atomic E-state index is -4.66. The van der Waals surface area contributed by atoms with E-state index in [9.17, 15) is 18.3 Å². The molecule has 1 aromatic heterocycles. The third kappa shape index (κ3) is 4.25. The number of nitriles is 1. The van der Waals surface area contributed by atoms with Crippen LogP contribution in [0.3, 0.4) is 0 Å². The first kappa shape index (κ1) is 19.3. The highest BCUT2D eigenvalue weighted by Crippen LogP contribution is 2.34. The van der Waals surface area contributed by atoms with Crippen molar-refractivity contribution in [2.45, 2.75) is 6.18 Å². The summed E-state index contributed by atoms with van der Waals surface area (Å²) in [5.74, 6) is 4.74. The van der Waals surface area contributed by atoms with Gasteiger partial charge in [0, 0.05) is 28.5 Å². The van der Waals surface area contributed by atoms with E-state index in [-0.39, 0.29) is 10.7 Å². The molecule has 0 fully saturated rings. The second-order valence-corrected chi connectivity index (χ2v) is 6.11. The highest BCUT2D eigenvalue weighted by Gasteiger charge is 2.33. The van der Waals surface area contributed by atoms with E-state index in [1.165, 1.54) is 12.3 Å². The molecule has 3 nitrogen and oxygen atoms in total. The Bertz CT molecular complexity index is 1140. The molecule has 0 saturated carbocycles. The van der Waals surface area contributed by atoms with Gasteiger partial charge in [-0.05, 0) is 48.5 Å². The van der Waals surface area contributed by atoms with Gasteiger partial charge in [-0.15, -0.1) is 0 Å². The molecule has 0 saturated heterocycles. The zero-order valence-corrected chi connectivity index (χ0v) is 14.8. The molecule has 138 valence electrons. The number of nitrogens with zero attached hydrogens (tertiary/aromatic N) is 2. The molecule has 1 N–H and O–H groups in total. The summed E-state index contributed by atoms with van der Waals surface area (Å²) in [6, 6.07) is 12.8. The topological polar surface area (TPSA) is 56.9 Å². The van der Waals surface area contributed by atoms with Crippen molar-refractivity contribution in [1.29, 1.82) is 5.26 Å². The molecule has 1 heterocycles. The van der Waals surface area contributed by atoms with Gasteiger partial charge in [0.2, 0.25) is 0 Å². The second kappa shape index (κ2) is 7.64. The van der Waals surface area contributed by atoms with Gasteiger partial charge >= 0.3 is 6.18 Å². The van der Waals surface area contributed by atoms with E-state index in [1.807, 2.05) is 6.07 Å². The van der Waals surface area contributed by atoms with Crippen LogP contribution in [0.5, 0.6) is 5.75 Å². The SMILES string of the molecule is N#Cc1ccc(C#Cc2ccc(O)cc2C(F)(F)F)c(-c2ccc(Cl)nc2)c1. The molecule has 28 heavy (non-hydrogen) atoms. The zero-order chi connectivity index (χ0) is 20.3. The van der Waals surface area contributed by atoms with E-state index >= 15 is 0 Å². The fraction of sp³-hybridized carbons (Fsp3) is 0.0476. The summed E-state index contributed by atoms with van der Waals surface area (Å²) in [5.41, 5.74) is 0.661. The van der Waals surface area contributed by atoms with Crippen molar-refractivity contribution in [1.82, 2.24) is 4.98 Å². The van der Waals surface area contributed by atoms with Gasteiger partial charge in [-0.25, -0.2) is 4.98 Å². The van der Waals surface area contributed by atoms with Crippen LogP contribution in [0.15, 0.2) is 54.7 Å². The summed E-state index contributed by atoms with van der Waals surface area (Å²) in [5, 5.41) is 18.8. The number of pyridine rings is 1. The van der Waals surface area contributed by atoms with Crippen molar-refractivity contribution in [2.24, 2.45) is 0 Å². The number of hydrogen-bond donors (Lipinski definition) is 1. The molecule has 0 radical (unpaired) electrons. The Morgan fingerprint density at radius 3 is 2.32 bits per heavy atom. The lowest BCUT2D eigenvalue weighted by molar-refractivity contribution is -0.137. The maximum absolute atomic E-state index is 13.2. The van der Waals surface area contributed by atoms with Gasteiger partial charge in [0.15, 0.2) is 0 Å². The molecular weight excluding hydrogens is 389 g/mol. The minimum absolute atomic E-state index is 0.269. The van der Waals surface area contributed by atoms with E-state index in [2.05, 4.69) is 16.8 Å². The lowest BCUT2D eigenvalue weighted by atomic mass is 9.98. The van der Waals surface area contributed by atoms with Crippen molar-refractivity contribution in [3.8, 4) is 34.8 Å². The normalized spacial score (nSPS) is 10.7. The Morgan fingerprint density at radius 1 is 0.964 bits per heavy atom. The largest absolute Gasteiger partial charge is 0.508 e. The molecule has 2 aromatic carbocycles. The van der Waals surface area contributed by atoms with E-state index < -0.39 is 17.5 Å². The maximum atomic E-state index is 13.2. The zero-order valence-electron chi connectivity index (χ0n) is 14.0. The van der Waals surface area contributed by atoms with Crippen LogP contribution in [0.2, 0.25) is 5.15 Å². The van der Waals surface area contributed by atoms with Crippen LogP contribution >= 0.6 is 11.6 Å². The molecule has 0 amide bonds. The van der Waals surface area contributed by atoms with Crippen LogP contribution in [0.1, 0.15) is 22.3 Å². The van der Waals surface area contributed by atoms with Crippen molar-refractivity contribution >= 4 is 11.6 Å². The lowest BCUT2D eigenvalue weighted by Crippen LogP contribution is -2.07. The number of halogens is 4. The summed E-state index contributed by atoms with van der Waals surface area (Å²) in [7, 11) is 0. The Morgan fingerprint density at radius 2 is 1.68 bits per heavy atom. The number of alkyl halides is 3. The first-order valence-electron chi connectivity index (χ1n) is 7.86. The van der Waals surface area contributed by atoms with Crippen molar-refractivity contribution in [2.75, 3.05) is 0 Å². The van der Waals surface area contributed by atoms with Crippen LogP contribution in [0, 0.1) is 23.2 Å². The van der Waals surface area contributed by atoms with Gasteiger partial charge in [0.05, 0.1) is 17.2 Å². The fourth-order valence-electron chi connectivity index (χ4n) is 2.51. The summed E-state index contributed by atoms with van der Waals surface area (Å²) in [4.78, 5) is 3.98. The molecular formula is C21H10ClF3N2O. The molecule has 0 unspecified atom stereocenters. The van der Waals surface area contributed by atoms with Crippen molar-refractivity contribution < 1.29 is 18.3 Å². The van der Waals surface area contributed by atoms with Crippen LogP contribution in [-0.4, -0.2) is 10.1 Å². The predicted molar refractivity (Wildman–Crippen MR) is 98.5 cm³/mol. The molecule has 0 aliphatic carbocycles. The molecule has 3 aromatic rings. The maximum Gasteiger partial charge on any atom is 0.417 e. The average molecular weight is 399 g/mol. The Labute approximate surface area is 163 Å². The fourth-order valence-corrected chi connectivity index (χ4v) is 2.62. The standard InChI is InChI=1S/C21H10ClF3N2O/c22-20-8-6-16(12-27-20)18-9-13(11-26)1-2-14(18)3-4-15-5-7-17(28)10-19(15)21(23,24)25/h1-2,5-10,12,28H. The monoisotopic (exact) mass is 398 g/mol. The molecule has 0 bridgehead atoms. The molecule has 0 aliphatic heterocycles. The third-order valence-electron chi connectivity index (χ3n) is 3.83. The molecule has 0 atom stereocenters. The number of phenolic OH excluding ortho intramolecular Hbond substituents is 1. The predicted octanol–water partition coefficient (Wildman–Crippen LogP) is 5.40. The van der Waals surface area contributed by atoms with Gasteiger partial charge in [0.1, 0.15) is 10.9 Å². The van der Waals surface area contributed by atoms with Crippen LogP contribution < -0.4 is 0 Å². The van der Waals surface area contributed by atoms with Crippen molar-refractivity contribution in [3.63, 3.8) is 0 Å². The van der Waals surface area contributed by atoms with Gasteiger partial charge in [-0.2, -0.15) is 18.4 Å². The van der Waals surface area contributed by atoms with E-state index in [0.29, 0.717) is 28.3 Å². The molecule has 7 heteroatoms. The summed E-state index contributed by atoms with van der Waals surface area (Å²) < 4.78 is 39.6. The summed E-state index contributed by atoms with van der Waals surface area (Å²) in [6.45, 7) is 0. The first-order valence-corrected chi connectivity index (χ1v) is 8.24. The van der Waals surface area contributed by atoms with E-state index in [0.717, 1.165) is 12.1 Å².